The lowest BCUT2D eigenvalue weighted by molar-refractivity contribution is -0.213. The van der Waals surface area contributed by atoms with Crippen LogP contribution in [-0.2, 0) is 28.6 Å². The van der Waals surface area contributed by atoms with E-state index in [1.807, 2.05) is 6.92 Å². The molecule has 0 aliphatic carbocycles. The monoisotopic (exact) mass is 301 g/mol. The van der Waals surface area contributed by atoms with Gasteiger partial charge in [-0.2, -0.15) is 0 Å². The average Bonchev–Trinajstić information content (AvgIpc) is 2.35. The lowest BCUT2D eigenvalue weighted by Gasteiger charge is -2.44. The van der Waals surface area contributed by atoms with Crippen molar-refractivity contribution >= 4 is 17.8 Å². The van der Waals surface area contributed by atoms with E-state index in [9.17, 15) is 14.4 Å². The maximum atomic E-state index is 11.4. The summed E-state index contributed by atoms with van der Waals surface area (Å²) < 4.78 is 16.4. The normalized spacial score (nSPS) is 32.1. The molecule has 120 valence electrons. The molecule has 5 atom stereocenters. The largest absolute Gasteiger partial charge is 0.456 e. The minimum atomic E-state index is -0.774. The molecule has 0 saturated carbocycles. The molecule has 1 aliphatic rings. The molecule has 0 aromatic heterocycles. The molecule has 1 amide bonds. The number of ether oxygens (including phenoxy) is 3. The smallest absolute Gasteiger partial charge is 0.303 e. The zero-order chi connectivity index (χ0) is 16.2. The van der Waals surface area contributed by atoms with Crippen molar-refractivity contribution < 1.29 is 28.6 Å². The van der Waals surface area contributed by atoms with Gasteiger partial charge >= 0.3 is 11.9 Å². The van der Waals surface area contributed by atoms with Crippen LogP contribution in [0.15, 0.2) is 0 Å². The summed E-state index contributed by atoms with van der Waals surface area (Å²) in [7, 11) is 0. The number of carbonyl (C=O) groups excluding carboxylic acids is 3. The Bertz CT molecular complexity index is 410. The summed E-state index contributed by atoms with van der Waals surface area (Å²) >= 11 is 0. The van der Waals surface area contributed by atoms with Gasteiger partial charge in [0, 0.05) is 20.8 Å². The second kappa shape index (κ2) is 7.40. The van der Waals surface area contributed by atoms with Crippen molar-refractivity contribution in [1.29, 1.82) is 0 Å². The maximum Gasteiger partial charge on any atom is 0.303 e. The van der Waals surface area contributed by atoms with E-state index >= 15 is 0 Å². The van der Waals surface area contributed by atoms with Gasteiger partial charge in [-0.1, -0.05) is 6.92 Å². The third kappa shape index (κ3) is 4.70. The van der Waals surface area contributed by atoms with Crippen LogP contribution < -0.4 is 5.32 Å². The lowest BCUT2D eigenvalue weighted by atomic mass is 9.91. The molecule has 1 rings (SSSR count). The van der Waals surface area contributed by atoms with Crippen LogP contribution in [0.1, 0.15) is 41.0 Å². The molecule has 3 unspecified atom stereocenters. The van der Waals surface area contributed by atoms with Crippen LogP contribution in [-0.4, -0.2) is 48.3 Å². The van der Waals surface area contributed by atoms with E-state index in [0.717, 1.165) is 0 Å². The number of hydrogen-bond donors (Lipinski definition) is 1. The highest BCUT2D eigenvalue weighted by Gasteiger charge is 2.47. The first-order chi connectivity index (χ1) is 9.76. The fourth-order valence-corrected chi connectivity index (χ4v) is 2.55. The fraction of sp³-hybridized carbons (Fsp3) is 0.786. The minimum absolute atomic E-state index is 0.274. The van der Waals surface area contributed by atoms with Gasteiger partial charge in [-0.05, 0) is 13.3 Å². The predicted molar refractivity (Wildman–Crippen MR) is 73.3 cm³/mol. The number of carbonyl (C=O) groups is 3. The second-order valence-electron chi connectivity index (χ2n) is 5.16. The highest BCUT2D eigenvalue weighted by Crippen LogP contribution is 2.28. The van der Waals surface area contributed by atoms with Crippen molar-refractivity contribution in [2.75, 3.05) is 0 Å². The Morgan fingerprint density at radius 1 is 1.05 bits per heavy atom. The summed E-state index contributed by atoms with van der Waals surface area (Å²) in [5, 5.41) is 2.70. The third-order valence-electron chi connectivity index (χ3n) is 3.32. The van der Waals surface area contributed by atoms with Crippen molar-refractivity contribution in [2.45, 2.75) is 71.5 Å². The molecule has 0 aromatic rings. The lowest BCUT2D eigenvalue weighted by Crippen LogP contribution is -2.64. The van der Waals surface area contributed by atoms with E-state index < -0.39 is 36.3 Å². The Hall–Kier alpha value is -1.63. The second-order valence-corrected chi connectivity index (χ2v) is 5.16. The summed E-state index contributed by atoms with van der Waals surface area (Å²) in [5.74, 6) is -1.27. The number of amides is 1. The van der Waals surface area contributed by atoms with E-state index in [0.29, 0.717) is 6.42 Å². The molecule has 1 fully saturated rings. The fourth-order valence-electron chi connectivity index (χ4n) is 2.55. The quantitative estimate of drug-likeness (QED) is 0.763. The van der Waals surface area contributed by atoms with Gasteiger partial charge in [0.2, 0.25) is 5.91 Å². The van der Waals surface area contributed by atoms with Crippen LogP contribution in [0, 0.1) is 0 Å². The zero-order valence-electron chi connectivity index (χ0n) is 13.0. The van der Waals surface area contributed by atoms with Gasteiger partial charge in [-0.25, -0.2) is 0 Å². The van der Waals surface area contributed by atoms with Gasteiger partial charge in [0.1, 0.15) is 0 Å². The molecule has 0 radical (unpaired) electrons. The van der Waals surface area contributed by atoms with E-state index in [4.69, 9.17) is 14.2 Å². The molecular weight excluding hydrogens is 278 g/mol. The van der Waals surface area contributed by atoms with Gasteiger partial charge in [0.05, 0.1) is 18.2 Å². The van der Waals surface area contributed by atoms with Gasteiger partial charge in [-0.15, -0.1) is 0 Å². The maximum absolute atomic E-state index is 11.4. The van der Waals surface area contributed by atoms with Crippen LogP contribution in [0.4, 0.5) is 0 Å². The van der Waals surface area contributed by atoms with Crippen LogP contribution >= 0.6 is 0 Å². The standard InChI is InChI=1S/C14H23NO6/c1-6-11-13(20-9(4)17)14(21-10(5)18)12(7(2)19-11)15-8(3)16/h7,11-14H,6H2,1-5H3,(H,15,16)/t7?,11?,12?,13-,14-/m0/s1. The first-order valence-corrected chi connectivity index (χ1v) is 7.03. The summed E-state index contributed by atoms with van der Waals surface area (Å²) in [5.41, 5.74) is 0. The van der Waals surface area contributed by atoms with Crippen molar-refractivity contribution in [3.05, 3.63) is 0 Å². The molecule has 7 nitrogen and oxygen atoms in total. The molecule has 0 spiro atoms. The van der Waals surface area contributed by atoms with Gasteiger partial charge in [-0.3, -0.25) is 14.4 Å². The van der Waals surface area contributed by atoms with E-state index in [1.54, 1.807) is 6.92 Å². The molecule has 7 heteroatoms. The Morgan fingerprint density at radius 3 is 2.00 bits per heavy atom. The van der Waals surface area contributed by atoms with Gasteiger partial charge in [0.15, 0.2) is 12.2 Å². The molecule has 1 N–H and O–H groups in total. The number of nitrogens with one attached hydrogen (secondary N) is 1. The van der Waals surface area contributed by atoms with Crippen molar-refractivity contribution in [1.82, 2.24) is 5.32 Å². The Morgan fingerprint density at radius 2 is 1.57 bits per heavy atom. The highest BCUT2D eigenvalue weighted by atomic mass is 16.6. The summed E-state index contributed by atoms with van der Waals surface area (Å²) in [6, 6.07) is -0.571. The molecule has 0 bridgehead atoms. The molecule has 1 heterocycles. The van der Waals surface area contributed by atoms with E-state index in [2.05, 4.69) is 5.32 Å². The van der Waals surface area contributed by atoms with Crippen LogP contribution in [0.25, 0.3) is 0 Å². The SMILES string of the molecule is CCC1OC(C)C(NC(C)=O)[C@H](OC(C)=O)[C@H]1OC(C)=O. The van der Waals surface area contributed by atoms with Crippen LogP contribution in [0.5, 0.6) is 0 Å². The van der Waals surface area contributed by atoms with Gasteiger partial charge < -0.3 is 19.5 Å². The van der Waals surface area contributed by atoms with Crippen LogP contribution in [0.2, 0.25) is 0 Å². The molecular formula is C14H23NO6. The Labute approximate surface area is 124 Å². The van der Waals surface area contributed by atoms with E-state index in [1.165, 1.54) is 20.8 Å². The van der Waals surface area contributed by atoms with Crippen molar-refractivity contribution in [3.63, 3.8) is 0 Å². The van der Waals surface area contributed by atoms with Crippen molar-refractivity contribution in [3.8, 4) is 0 Å². The zero-order valence-corrected chi connectivity index (χ0v) is 13.0. The first-order valence-electron chi connectivity index (χ1n) is 7.03. The van der Waals surface area contributed by atoms with Crippen LogP contribution in [0.3, 0.4) is 0 Å². The summed E-state index contributed by atoms with van der Waals surface area (Å²) in [6.07, 6.45) is -1.69. The summed E-state index contributed by atoms with van der Waals surface area (Å²) in [6.45, 7) is 7.59. The molecule has 0 aromatic carbocycles. The summed E-state index contributed by atoms with van der Waals surface area (Å²) in [4.78, 5) is 34.0. The third-order valence-corrected chi connectivity index (χ3v) is 3.32. The Balaban J connectivity index is 3.08. The number of hydrogen-bond acceptors (Lipinski definition) is 6. The number of esters is 2. The first kappa shape index (κ1) is 17.4. The van der Waals surface area contributed by atoms with E-state index in [-0.39, 0.29) is 12.0 Å². The van der Waals surface area contributed by atoms with Gasteiger partial charge in [0.25, 0.3) is 0 Å². The Kier molecular flexibility index (Phi) is 6.14. The minimum Gasteiger partial charge on any atom is -0.456 e. The molecule has 21 heavy (non-hydrogen) atoms. The number of rotatable bonds is 4. The predicted octanol–water partition coefficient (Wildman–Crippen LogP) is 0.552. The van der Waals surface area contributed by atoms with Crippen molar-refractivity contribution in [2.24, 2.45) is 0 Å². The average molecular weight is 301 g/mol. The highest BCUT2D eigenvalue weighted by molar-refractivity contribution is 5.73. The molecule has 1 saturated heterocycles. The topological polar surface area (TPSA) is 90.9 Å². The molecule has 1 aliphatic heterocycles.